The summed E-state index contributed by atoms with van der Waals surface area (Å²) in [7, 11) is 3.02. The summed E-state index contributed by atoms with van der Waals surface area (Å²) < 4.78 is 10.7. The maximum absolute atomic E-state index is 13.6. The van der Waals surface area contributed by atoms with E-state index in [4.69, 9.17) is 9.47 Å². The van der Waals surface area contributed by atoms with Gasteiger partial charge in [-0.2, -0.15) is 0 Å². The molecule has 2 N–H and O–H groups in total. The zero-order valence-corrected chi connectivity index (χ0v) is 22.6. The van der Waals surface area contributed by atoms with E-state index < -0.39 is 35.6 Å². The number of benzene rings is 2. The summed E-state index contributed by atoms with van der Waals surface area (Å²) in [4.78, 5) is 65.9. The fraction of sp³-hybridized carbons (Fsp3) is 0.393. The second-order valence-corrected chi connectivity index (χ2v) is 10.5. The van der Waals surface area contributed by atoms with Gasteiger partial charge in [0.25, 0.3) is 11.8 Å². The highest BCUT2D eigenvalue weighted by Crippen LogP contribution is 2.31. The molecule has 2 aromatic rings. The summed E-state index contributed by atoms with van der Waals surface area (Å²) >= 11 is 0. The molecule has 2 heterocycles. The highest BCUT2D eigenvalue weighted by molar-refractivity contribution is 6.06. The van der Waals surface area contributed by atoms with Crippen molar-refractivity contribution in [1.82, 2.24) is 15.1 Å². The number of carbonyl (C=O) groups excluding carboxylic acids is 5. The lowest BCUT2D eigenvalue weighted by Crippen LogP contribution is -2.52. The fourth-order valence-electron chi connectivity index (χ4n) is 4.64. The van der Waals surface area contributed by atoms with Crippen LogP contribution in [0.15, 0.2) is 42.5 Å². The zero-order valence-electron chi connectivity index (χ0n) is 22.6. The second-order valence-electron chi connectivity index (χ2n) is 10.5. The third-order valence-electron chi connectivity index (χ3n) is 6.54. The predicted molar refractivity (Wildman–Crippen MR) is 141 cm³/mol. The van der Waals surface area contributed by atoms with Gasteiger partial charge in [-0.25, -0.2) is 4.79 Å². The summed E-state index contributed by atoms with van der Waals surface area (Å²) in [5.41, 5.74) is 1.28. The molecule has 11 heteroatoms. The average Bonchev–Trinajstić information content (AvgIpc) is 3.18. The van der Waals surface area contributed by atoms with Crippen LogP contribution in [-0.2, 0) is 25.7 Å². The second kappa shape index (κ2) is 10.8. The number of ether oxygens (including phenoxy) is 2. The number of fused-ring (bicyclic) bond motifs is 1. The van der Waals surface area contributed by atoms with Crippen LogP contribution in [-0.4, -0.2) is 65.3 Å². The van der Waals surface area contributed by atoms with Crippen molar-refractivity contribution in [2.45, 2.75) is 57.8 Å². The van der Waals surface area contributed by atoms with E-state index in [0.717, 1.165) is 0 Å². The topological polar surface area (TPSA) is 134 Å². The number of hydrogen-bond donors (Lipinski definition) is 2. The van der Waals surface area contributed by atoms with Crippen molar-refractivity contribution in [2.75, 3.05) is 19.5 Å². The number of hydrogen-bond acceptors (Lipinski definition) is 7. The van der Waals surface area contributed by atoms with Crippen LogP contribution in [0.1, 0.15) is 61.1 Å². The summed E-state index contributed by atoms with van der Waals surface area (Å²) in [5, 5.41) is 5.13. The maximum atomic E-state index is 13.6. The van der Waals surface area contributed by atoms with Gasteiger partial charge < -0.3 is 19.7 Å². The van der Waals surface area contributed by atoms with Crippen molar-refractivity contribution in [2.24, 2.45) is 0 Å². The maximum Gasteiger partial charge on any atom is 0.410 e. The first-order valence-electron chi connectivity index (χ1n) is 12.6. The number of methoxy groups -OCH3 is 1. The van der Waals surface area contributed by atoms with Gasteiger partial charge >= 0.3 is 6.09 Å². The van der Waals surface area contributed by atoms with Crippen LogP contribution >= 0.6 is 0 Å². The number of imide groups is 1. The molecule has 0 spiro atoms. The highest BCUT2D eigenvalue weighted by atomic mass is 16.6. The van der Waals surface area contributed by atoms with Gasteiger partial charge in [-0.1, -0.05) is 12.1 Å². The van der Waals surface area contributed by atoms with Crippen LogP contribution in [0.3, 0.4) is 0 Å². The molecule has 39 heavy (non-hydrogen) atoms. The van der Waals surface area contributed by atoms with Crippen molar-refractivity contribution >= 4 is 35.4 Å². The molecule has 0 aliphatic carbocycles. The molecule has 1 saturated heterocycles. The van der Waals surface area contributed by atoms with Crippen LogP contribution < -0.4 is 15.4 Å². The molecule has 1 fully saturated rings. The lowest BCUT2D eigenvalue weighted by atomic mass is 10.0. The molecule has 2 atom stereocenters. The van der Waals surface area contributed by atoms with Gasteiger partial charge in [-0.3, -0.25) is 29.4 Å². The number of likely N-dealkylation sites (N-methyl/N-ethyl adjacent to an activating group) is 1. The Morgan fingerprint density at radius 2 is 1.79 bits per heavy atom. The Morgan fingerprint density at radius 1 is 1.10 bits per heavy atom. The Morgan fingerprint density at radius 3 is 2.41 bits per heavy atom. The van der Waals surface area contributed by atoms with E-state index in [-0.39, 0.29) is 31.2 Å². The number of carbonyl (C=O) groups is 5. The fourth-order valence-corrected chi connectivity index (χ4v) is 4.64. The van der Waals surface area contributed by atoms with Gasteiger partial charge in [0.2, 0.25) is 11.8 Å². The molecular formula is C28H32N4O7. The van der Waals surface area contributed by atoms with E-state index in [1.165, 1.54) is 24.0 Å². The molecule has 2 aromatic carbocycles. The number of amides is 5. The lowest BCUT2D eigenvalue weighted by molar-refractivity contribution is -0.137. The Hall–Kier alpha value is -4.41. The van der Waals surface area contributed by atoms with Crippen LogP contribution in [0.5, 0.6) is 5.75 Å². The van der Waals surface area contributed by atoms with Crippen molar-refractivity contribution in [3.63, 3.8) is 0 Å². The van der Waals surface area contributed by atoms with Crippen molar-refractivity contribution < 1.29 is 33.4 Å². The Balaban J connectivity index is 1.56. The number of anilines is 1. The minimum Gasteiger partial charge on any atom is -0.497 e. The minimum atomic E-state index is -1.03. The average molecular weight is 537 g/mol. The van der Waals surface area contributed by atoms with E-state index in [1.54, 1.807) is 63.2 Å². The highest BCUT2D eigenvalue weighted by Gasteiger charge is 2.39. The molecule has 2 aliphatic heterocycles. The van der Waals surface area contributed by atoms with Gasteiger partial charge in [-0.05, 0) is 68.7 Å². The molecule has 5 amide bonds. The quantitative estimate of drug-likeness (QED) is 0.542. The van der Waals surface area contributed by atoms with E-state index in [0.29, 0.717) is 28.1 Å². The Labute approximate surface area is 226 Å². The largest absolute Gasteiger partial charge is 0.497 e. The molecule has 4 rings (SSSR count). The smallest absolute Gasteiger partial charge is 0.410 e. The predicted octanol–water partition coefficient (Wildman–Crippen LogP) is 3.00. The monoisotopic (exact) mass is 536 g/mol. The van der Waals surface area contributed by atoms with Crippen LogP contribution in [0, 0.1) is 0 Å². The van der Waals surface area contributed by atoms with E-state index in [2.05, 4.69) is 10.6 Å². The van der Waals surface area contributed by atoms with Crippen LogP contribution in [0.25, 0.3) is 0 Å². The van der Waals surface area contributed by atoms with E-state index >= 15 is 0 Å². The third kappa shape index (κ3) is 6.02. The van der Waals surface area contributed by atoms with Crippen LogP contribution in [0.2, 0.25) is 0 Å². The van der Waals surface area contributed by atoms with Crippen LogP contribution in [0.4, 0.5) is 10.5 Å². The normalized spacial score (nSPS) is 17.7. The van der Waals surface area contributed by atoms with Crippen molar-refractivity contribution in [3.8, 4) is 5.75 Å². The molecule has 2 unspecified atom stereocenters. The van der Waals surface area contributed by atoms with Gasteiger partial charge in [0.15, 0.2) is 0 Å². The molecule has 11 nitrogen and oxygen atoms in total. The van der Waals surface area contributed by atoms with Crippen molar-refractivity contribution in [3.05, 3.63) is 59.2 Å². The zero-order chi connectivity index (χ0) is 28.5. The molecule has 0 bridgehead atoms. The standard InChI is InChI=1S/C28H32N4O7/c1-28(2,3)39-27(37)31(4)23(16-6-9-19(38-5)10-7-16)25(35)29-18-8-11-20-17(14-18)15-32(26(20)36)21-12-13-22(33)30-24(21)34/h6-11,14,21,23H,12-13,15H2,1-5H3,(H,29,35)(H,30,33,34). The van der Waals surface area contributed by atoms with Gasteiger partial charge in [0, 0.05) is 31.3 Å². The number of nitrogens with zero attached hydrogens (tertiary/aromatic N) is 2. The van der Waals surface area contributed by atoms with E-state index in [9.17, 15) is 24.0 Å². The number of rotatable bonds is 6. The molecule has 0 saturated carbocycles. The first-order valence-corrected chi connectivity index (χ1v) is 12.6. The summed E-state index contributed by atoms with van der Waals surface area (Å²) in [6.45, 7) is 5.39. The van der Waals surface area contributed by atoms with Gasteiger partial charge in [-0.15, -0.1) is 0 Å². The summed E-state index contributed by atoms with van der Waals surface area (Å²) in [6, 6.07) is 9.90. The lowest BCUT2D eigenvalue weighted by Gasteiger charge is -2.30. The van der Waals surface area contributed by atoms with E-state index in [1.807, 2.05) is 0 Å². The SMILES string of the molecule is COc1ccc(C(C(=O)Nc2ccc3c(c2)CN(C2CCC(=O)NC2=O)C3=O)N(C)C(=O)OC(C)(C)C)cc1. The molecular weight excluding hydrogens is 504 g/mol. The summed E-state index contributed by atoms with van der Waals surface area (Å²) in [5.74, 6) is -1.04. The first kappa shape index (κ1) is 27.6. The third-order valence-corrected chi connectivity index (χ3v) is 6.54. The number of piperidine rings is 1. The summed E-state index contributed by atoms with van der Waals surface area (Å²) in [6.07, 6.45) is -0.248. The van der Waals surface area contributed by atoms with Gasteiger partial charge in [0.05, 0.1) is 7.11 Å². The van der Waals surface area contributed by atoms with Gasteiger partial charge in [0.1, 0.15) is 23.4 Å². The number of nitrogens with one attached hydrogen (secondary N) is 2. The minimum absolute atomic E-state index is 0.162. The Bertz CT molecular complexity index is 1320. The first-order chi connectivity index (χ1) is 18.4. The molecule has 206 valence electrons. The van der Waals surface area contributed by atoms with Crippen molar-refractivity contribution in [1.29, 1.82) is 0 Å². The molecule has 0 radical (unpaired) electrons. The Kier molecular flexibility index (Phi) is 7.62. The molecule has 0 aromatic heterocycles. The molecule has 2 aliphatic rings.